The number of benzene rings is 2. The van der Waals surface area contributed by atoms with Crippen LogP contribution in [-0.2, 0) is 17.9 Å². The summed E-state index contributed by atoms with van der Waals surface area (Å²) in [5, 5.41) is 3.45. The van der Waals surface area contributed by atoms with Crippen LogP contribution in [0.25, 0.3) is 0 Å². The summed E-state index contributed by atoms with van der Waals surface area (Å²) in [5.41, 5.74) is 3.61. The number of rotatable bonds is 12. The van der Waals surface area contributed by atoms with Crippen molar-refractivity contribution in [2.24, 2.45) is 0 Å². The molecule has 0 aliphatic rings. The van der Waals surface area contributed by atoms with Crippen LogP contribution in [0.3, 0.4) is 0 Å². The summed E-state index contributed by atoms with van der Waals surface area (Å²) in [6, 6.07) is 14.4. The van der Waals surface area contributed by atoms with Gasteiger partial charge in [0.15, 0.2) is 11.5 Å². The minimum atomic E-state index is 0.297. The smallest absolute Gasteiger partial charge is 0.161 e. The van der Waals surface area contributed by atoms with Gasteiger partial charge in [0.25, 0.3) is 0 Å². The van der Waals surface area contributed by atoms with E-state index in [1.165, 1.54) is 16.7 Å². The standard InChI is InChI=1S/C23H33NO3/c1-5-25-23-15-20(16-24-13-8-14-26-18(2)3)11-12-22(23)27-17-21-10-7-6-9-19(21)4/h6-7,9-12,15,18,24H,5,8,13-14,16-17H2,1-4H3. The fourth-order valence-corrected chi connectivity index (χ4v) is 2.73. The van der Waals surface area contributed by atoms with Crippen molar-refractivity contribution in [1.82, 2.24) is 5.32 Å². The van der Waals surface area contributed by atoms with Gasteiger partial charge in [-0.3, -0.25) is 0 Å². The zero-order valence-corrected chi connectivity index (χ0v) is 17.1. The van der Waals surface area contributed by atoms with Gasteiger partial charge in [-0.25, -0.2) is 0 Å². The molecule has 27 heavy (non-hydrogen) atoms. The Kier molecular flexibility index (Phi) is 9.16. The predicted molar refractivity (Wildman–Crippen MR) is 111 cm³/mol. The first kappa shape index (κ1) is 21.3. The summed E-state index contributed by atoms with van der Waals surface area (Å²) in [6.07, 6.45) is 1.31. The number of nitrogens with one attached hydrogen (secondary N) is 1. The molecule has 0 aliphatic heterocycles. The maximum Gasteiger partial charge on any atom is 0.161 e. The summed E-state index contributed by atoms with van der Waals surface area (Å²) in [5.74, 6) is 1.59. The molecule has 1 N–H and O–H groups in total. The second-order valence-corrected chi connectivity index (χ2v) is 6.88. The second kappa shape index (κ2) is 11.6. The summed E-state index contributed by atoms with van der Waals surface area (Å²) < 4.78 is 17.4. The Labute approximate surface area is 163 Å². The van der Waals surface area contributed by atoms with Gasteiger partial charge in [0.2, 0.25) is 0 Å². The Hall–Kier alpha value is -2.04. The van der Waals surface area contributed by atoms with Crippen molar-refractivity contribution in [3.05, 3.63) is 59.2 Å². The van der Waals surface area contributed by atoms with E-state index < -0.39 is 0 Å². The van der Waals surface area contributed by atoms with E-state index in [-0.39, 0.29) is 0 Å². The van der Waals surface area contributed by atoms with Crippen molar-refractivity contribution in [3.63, 3.8) is 0 Å². The average Bonchev–Trinajstić information content (AvgIpc) is 2.65. The number of ether oxygens (including phenoxy) is 3. The van der Waals surface area contributed by atoms with Gasteiger partial charge in [-0.1, -0.05) is 30.3 Å². The lowest BCUT2D eigenvalue weighted by molar-refractivity contribution is 0.0770. The first-order valence-corrected chi connectivity index (χ1v) is 9.85. The minimum absolute atomic E-state index is 0.297. The lowest BCUT2D eigenvalue weighted by Crippen LogP contribution is -2.17. The van der Waals surface area contributed by atoms with Crippen molar-refractivity contribution < 1.29 is 14.2 Å². The van der Waals surface area contributed by atoms with Gasteiger partial charge in [-0.2, -0.15) is 0 Å². The molecule has 2 aromatic carbocycles. The highest BCUT2D eigenvalue weighted by Crippen LogP contribution is 2.29. The molecule has 4 heteroatoms. The molecule has 0 saturated carbocycles. The fourth-order valence-electron chi connectivity index (χ4n) is 2.73. The lowest BCUT2D eigenvalue weighted by atomic mass is 10.1. The molecule has 0 amide bonds. The van der Waals surface area contributed by atoms with Crippen molar-refractivity contribution in [2.75, 3.05) is 19.8 Å². The third-order valence-corrected chi connectivity index (χ3v) is 4.23. The molecular formula is C23H33NO3. The summed E-state index contributed by atoms with van der Waals surface area (Å²) in [6.45, 7) is 11.9. The quantitative estimate of drug-likeness (QED) is 0.540. The van der Waals surface area contributed by atoms with E-state index >= 15 is 0 Å². The van der Waals surface area contributed by atoms with Crippen LogP contribution in [0.4, 0.5) is 0 Å². The van der Waals surface area contributed by atoms with Crippen molar-refractivity contribution in [1.29, 1.82) is 0 Å². The normalized spacial score (nSPS) is 11.0. The maximum atomic E-state index is 6.03. The molecule has 0 heterocycles. The third kappa shape index (κ3) is 7.61. The zero-order chi connectivity index (χ0) is 19.5. The van der Waals surface area contributed by atoms with E-state index in [9.17, 15) is 0 Å². The van der Waals surface area contributed by atoms with Gasteiger partial charge in [-0.15, -0.1) is 0 Å². The Balaban J connectivity index is 1.88. The van der Waals surface area contributed by atoms with Crippen molar-refractivity contribution in [3.8, 4) is 11.5 Å². The Morgan fingerprint density at radius 3 is 2.56 bits per heavy atom. The maximum absolute atomic E-state index is 6.03. The van der Waals surface area contributed by atoms with Gasteiger partial charge in [-0.05, 0) is 69.5 Å². The minimum Gasteiger partial charge on any atom is -0.490 e. The van der Waals surface area contributed by atoms with Gasteiger partial charge in [0.05, 0.1) is 12.7 Å². The van der Waals surface area contributed by atoms with Gasteiger partial charge < -0.3 is 19.5 Å². The van der Waals surface area contributed by atoms with Crippen LogP contribution in [0, 0.1) is 6.92 Å². The van der Waals surface area contributed by atoms with E-state index in [0.717, 1.165) is 37.6 Å². The summed E-state index contributed by atoms with van der Waals surface area (Å²) >= 11 is 0. The molecule has 0 aromatic heterocycles. The predicted octanol–water partition coefficient (Wildman–Crippen LogP) is 4.88. The second-order valence-electron chi connectivity index (χ2n) is 6.88. The molecule has 0 spiro atoms. The Morgan fingerprint density at radius 1 is 1.00 bits per heavy atom. The largest absolute Gasteiger partial charge is 0.490 e. The number of hydrogen-bond donors (Lipinski definition) is 1. The molecule has 148 valence electrons. The molecule has 0 unspecified atom stereocenters. The lowest BCUT2D eigenvalue weighted by Gasteiger charge is -2.15. The monoisotopic (exact) mass is 371 g/mol. The Morgan fingerprint density at radius 2 is 1.81 bits per heavy atom. The molecular weight excluding hydrogens is 338 g/mol. The van der Waals surface area contributed by atoms with E-state index in [1.807, 2.05) is 25.1 Å². The first-order chi connectivity index (χ1) is 13.1. The molecule has 0 bridgehead atoms. The van der Waals surface area contributed by atoms with Crippen molar-refractivity contribution >= 4 is 0 Å². The molecule has 0 atom stereocenters. The molecule has 4 nitrogen and oxygen atoms in total. The topological polar surface area (TPSA) is 39.7 Å². The van der Waals surface area contributed by atoms with Crippen LogP contribution in [0.1, 0.15) is 43.9 Å². The van der Waals surface area contributed by atoms with Crippen LogP contribution >= 0.6 is 0 Å². The molecule has 0 aliphatic carbocycles. The van der Waals surface area contributed by atoms with E-state index in [4.69, 9.17) is 14.2 Å². The highest BCUT2D eigenvalue weighted by atomic mass is 16.5. The summed E-state index contributed by atoms with van der Waals surface area (Å²) in [7, 11) is 0. The van der Waals surface area contributed by atoms with Gasteiger partial charge in [0.1, 0.15) is 6.61 Å². The zero-order valence-electron chi connectivity index (χ0n) is 17.1. The third-order valence-electron chi connectivity index (χ3n) is 4.23. The first-order valence-electron chi connectivity index (χ1n) is 9.85. The molecule has 2 aromatic rings. The molecule has 2 rings (SSSR count). The van der Waals surface area contributed by atoms with E-state index in [2.05, 4.69) is 50.4 Å². The van der Waals surface area contributed by atoms with E-state index in [0.29, 0.717) is 19.3 Å². The van der Waals surface area contributed by atoms with Crippen LogP contribution in [0.2, 0.25) is 0 Å². The van der Waals surface area contributed by atoms with Crippen LogP contribution in [-0.4, -0.2) is 25.9 Å². The fraction of sp³-hybridized carbons (Fsp3) is 0.478. The number of hydrogen-bond acceptors (Lipinski definition) is 4. The number of aryl methyl sites for hydroxylation is 1. The van der Waals surface area contributed by atoms with Crippen LogP contribution in [0.15, 0.2) is 42.5 Å². The summed E-state index contributed by atoms with van der Waals surface area (Å²) in [4.78, 5) is 0. The van der Waals surface area contributed by atoms with Crippen molar-refractivity contribution in [2.45, 2.75) is 53.4 Å². The molecule has 0 fully saturated rings. The van der Waals surface area contributed by atoms with Crippen LogP contribution < -0.4 is 14.8 Å². The highest BCUT2D eigenvalue weighted by molar-refractivity contribution is 5.43. The van der Waals surface area contributed by atoms with Gasteiger partial charge in [0, 0.05) is 13.2 Å². The SMILES string of the molecule is CCOc1cc(CNCCCOC(C)C)ccc1OCc1ccccc1C. The van der Waals surface area contributed by atoms with Crippen LogP contribution in [0.5, 0.6) is 11.5 Å². The van der Waals surface area contributed by atoms with E-state index in [1.54, 1.807) is 0 Å². The Bertz CT molecular complexity index is 685. The molecule has 0 radical (unpaired) electrons. The molecule has 0 saturated heterocycles. The highest BCUT2D eigenvalue weighted by Gasteiger charge is 2.08. The average molecular weight is 372 g/mol. The van der Waals surface area contributed by atoms with Gasteiger partial charge >= 0.3 is 0 Å².